The summed E-state index contributed by atoms with van der Waals surface area (Å²) >= 11 is 0. The van der Waals surface area contributed by atoms with E-state index in [-0.39, 0.29) is 5.91 Å². The highest BCUT2D eigenvalue weighted by Gasteiger charge is 2.11. The summed E-state index contributed by atoms with van der Waals surface area (Å²) < 4.78 is 16.6. The van der Waals surface area contributed by atoms with E-state index in [1.807, 2.05) is 60.7 Å². The number of amides is 1. The highest BCUT2D eigenvalue weighted by molar-refractivity contribution is 5.97. The van der Waals surface area contributed by atoms with E-state index in [4.69, 9.17) is 14.2 Å². The van der Waals surface area contributed by atoms with Crippen LogP contribution in [0.5, 0.6) is 17.2 Å². The Kier molecular flexibility index (Phi) is 7.23. The molecular formula is C23H22N2O4. The minimum absolute atomic E-state index is 0.309. The highest BCUT2D eigenvalue weighted by Crippen LogP contribution is 2.18. The molecule has 0 radical (unpaired) electrons. The first-order valence-electron chi connectivity index (χ1n) is 9.14. The Morgan fingerprint density at radius 1 is 0.862 bits per heavy atom. The van der Waals surface area contributed by atoms with Gasteiger partial charge in [0.25, 0.3) is 5.91 Å². The summed E-state index contributed by atoms with van der Waals surface area (Å²) in [6.45, 7) is 0.676. The molecule has 3 aromatic carbocycles. The van der Waals surface area contributed by atoms with Crippen LogP contribution in [0, 0.1) is 0 Å². The van der Waals surface area contributed by atoms with E-state index in [2.05, 4.69) is 10.5 Å². The Morgan fingerprint density at radius 3 is 2.31 bits per heavy atom. The molecule has 0 aromatic heterocycles. The number of hydrazone groups is 1. The quantitative estimate of drug-likeness (QED) is 0.342. The van der Waals surface area contributed by atoms with Gasteiger partial charge in [-0.2, -0.15) is 5.10 Å². The molecule has 0 unspecified atom stereocenters. The van der Waals surface area contributed by atoms with Gasteiger partial charge in [0.15, 0.2) is 0 Å². The average Bonchev–Trinajstić information content (AvgIpc) is 2.78. The van der Waals surface area contributed by atoms with Gasteiger partial charge >= 0.3 is 0 Å². The predicted octanol–water partition coefficient (Wildman–Crippen LogP) is 3.92. The smallest absolute Gasteiger partial charge is 0.275 e. The lowest BCUT2D eigenvalue weighted by molar-refractivity contribution is 0.0950. The van der Waals surface area contributed by atoms with Crippen molar-refractivity contribution < 1.29 is 19.0 Å². The summed E-state index contributed by atoms with van der Waals surface area (Å²) in [5.41, 5.74) is 3.67. The number of methoxy groups -OCH3 is 1. The molecule has 0 aliphatic rings. The first kappa shape index (κ1) is 19.9. The summed E-state index contributed by atoms with van der Waals surface area (Å²) in [5.74, 6) is 1.55. The van der Waals surface area contributed by atoms with Crippen molar-refractivity contribution in [3.63, 3.8) is 0 Å². The van der Waals surface area contributed by atoms with Crippen molar-refractivity contribution in [1.29, 1.82) is 0 Å². The van der Waals surface area contributed by atoms with Gasteiger partial charge in [-0.05, 0) is 36.4 Å². The molecule has 0 aliphatic heterocycles. The molecule has 0 atom stereocenters. The van der Waals surface area contributed by atoms with E-state index in [0.29, 0.717) is 30.3 Å². The lowest BCUT2D eigenvalue weighted by Crippen LogP contribution is -2.19. The SMILES string of the molecule is COc1ccccc1/C=N/NC(=O)c1ccccc1OCCOc1ccccc1. The second-order valence-electron chi connectivity index (χ2n) is 5.95. The third-order valence-corrected chi connectivity index (χ3v) is 3.99. The van der Waals surface area contributed by atoms with Crippen LogP contribution < -0.4 is 19.6 Å². The Morgan fingerprint density at radius 2 is 1.52 bits per heavy atom. The molecular weight excluding hydrogens is 368 g/mol. The van der Waals surface area contributed by atoms with Crippen LogP contribution >= 0.6 is 0 Å². The zero-order valence-corrected chi connectivity index (χ0v) is 16.1. The molecule has 0 fully saturated rings. The van der Waals surface area contributed by atoms with E-state index >= 15 is 0 Å². The number of carbonyl (C=O) groups excluding carboxylic acids is 1. The Bertz CT molecular complexity index is 958. The number of para-hydroxylation sites is 3. The van der Waals surface area contributed by atoms with Crippen LogP contribution in [0.25, 0.3) is 0 Å². The zero-order chi connectivity index (χ0) is 20.3. The van der Waals surface area contributed by atoms with Gasteiger partial charge in [-0.3, -0.25) is 4.79 Å². The van der Waals surface area contributed by atoms with Crippen molar-refractivity contribution in [1.82, 2.24) is 5.43 Å². The van der Waals surface area contributed by atoms with Crippen molar-refractivity contribution in [2.24, 2.45) is 5.10 Å². The topological polar surface area (TPSA) is 69.2 Å². The van der Waals surface area contributed by atoms with Gasteiger partial charge in [0, 0.05) is 5.56 Å². The van der Waals surface area contributed by atoms with Crippen LogP contribution in [0.2, 0.25) is 0 Å². The second-order valence-corrected chi connectivity index (χ2v) is 5.95. The van der Waals surface area contributed by atoms with Crippen LogP contribution in [0.15, 0.2) is 84.0 Å². The zero-order valence-electron chi connectivity index (χ0n) is 16.1. The summed E-state index contributed by atoms with van der Waals surface area (Å²) in [6.07, 6.45) is 1.54. The fraction of sp³-hybridized carbons (Fsp3) is 0.130. The van der Waals surface area contributed by atoms with Crippen molar-refractivity contribution >= 4 is 12.1 Å². The standard InChI is InChI=1S/C23H22N2O4/c1-27-21-13-7-5-9-18(21)17-24-25-23(26)20-12-6-8-14-22(20)29-16-15-28-19-10-3-2-4-11-19/h2-14,17H,15-16H2,1H3,(H,25,26)/b24-17+. The van der Waals surface area contributed by atoms with Gasteiger partial charge < -0.3 is 14.2 Å². The number of nitrogens with one attached hydrogen (secondary N) is 1. The molecule has 0 aliphatic carbocycles. The minimum Gasteiger partial charge on any atom is -0.496 e. The number of hydrogen-bond acceptors (Lipinski definition) is 5. The average molecular weight is 390 g/mol. The molecule has 0 heterocycles. The maximum absolute atomic E-state index is 12.5. The lowest BCUT2D eigenvalue weighted by Gasteiger charge is -2.11. The second kappa shape index (κ2) is 10.5. The fourth-order valence-electron chi connectivity index (χ4n) is 2.60. The van der Waals surface area contributed by atoms with Gasteiger partial charge in [0.1, 0.15) is 30.5 Å². The van der Waals surface area contributed by atoms with Crippen LogP contribution in [-0.4, -0.2) is 32.4 Å². The number of nitrogens with zero attached hydrogens (tertiary/aromatic N) is 1. The summed E-state index contributed by atoms with van der Waals surface area (Å²) in [5, 5.41) is 4.02. The molecule has 3 rings (SSSR count). The van der Waals surface area contributed by atoms with E-state index in [1.165, 1.54) is 6.21 Å². The molecule has 1 amide bonds. The number of hydrogen-bond donors (Lipinski definition) is 1. The summed E-state index contributed by atoms with van der Waals surface area (Å²) in [7, 11) is 1.58. The number of benzene rings is 3. The molecule has 1 N–H and O–H groups in total. The van der Waals surface area contributed by atoms with Crippen molar-refractivity contribution in [2.45, 2.75) is 0 Å². The predicted molar refractivity (Wildman–Crippen MR) is 112 cm³/mol. The summed E-state index contributed by atoms with van der Waals surface area (Å²) in [6, 6.07) is 23.9. The molecule has 148 valence electrons. The van der Waals surface area contributed by atoms with E-state index in [1.54, 1.807) is 25.3 Å². The number of rotatable bonds is 9. The molecule has 6 heteroatoms. The fourth-order valence-corrected chi connectivity index (χ4v) is 2.60. The molecule has 3 aromatic rings. The largest absolute Gasteiger partial charge is 0.496 e. The molecule has 0 bridgehead atoms. The molecule has 0 spiro atoms. The normalized spacial score (nSPS) is 10.5. The van der Waals surface area contributed by atoms with Crippen LogP contribution in [0.1, 0.15) is 15.9 Å². The van der Waals surface area contributed by atoms with Crippen LogP contribution in [0.4, 0.5) is 0 Å². The number of ether oxygens (including phenoxy) is 3. The Hall–Kier alpha value is -3.80. The molecule has 0 saturated carbocycles. The summed E-state index contributed by atoms with van der Waals surface area (Å²) in [4.78, 5) is 12.5. The molecule has 29 heavy (non-hydrogen) atoms. The van der Waals surface area contributed by atoms with Gasteiger partial charge in [0.05, 0.1) is 18.9 Å². The first-order valence-corrected chi connectivity index (χ1v) is 9.14. The Labute approximate surface area is 169 Å². The van der Waals surface area contributed by atoms with Crippen LogP contribution in [0.3, 0.4) is 0 Å². The van der Waals surface area contributed by atoms with Crippen LogP contribution in [-0.2, 0) is 0 Å². The highest BCUT2D eigenvalue weighted by atomic mass is 16.5. The Balaban J connectivity index is 1.56. The van der Waals surface area contributed by atoms with E-state index < -0.39 is 0 Å². The van der Waals surface area contributed by atoms with E-state index in [0.717, 1.165) is 11.3 Å². The molecule has 6 nitrogen and oxygen atoms in total. The van der Waals surface area contributed by atoms with Crippen molar-refractivity contribution in [3.05, 3.63) is 90.0 Å². The van der Waals surface area contributed by atoms with Gasteiger partial charge in [-0.1, -0.05) is 42.5 Å². The third-order valence-electron chi connectivity index (χ3n) is 3.99. The maximum atomic E-state index is 12.5. The van der Waals surface area contributed by atoms with E-state index in [9.17, 15) is 4.79 Å². The van der Waals surface area contributed by atoms with Crippen molar-refractivity contribution in [3.8, 4) is 17.2 Å². The van der Waals surface area contributed by atoms with Crippen molar-refractivity contribution in [2.75, 3.05) is 20.3 Å². The van der Waals surface area contributed by atoms with Gasteiger partial charge in [-0.15, -0.1) is 0 Å². The lowest BCUT2D eigenvalue weighted by atomic mass is 10.2. The minimum atomic E-state index is -0.365. The van der Waals surface area contributed by atoms with Gasteiger partial charge in [-0.25, -0.2) is 5.43 Å². The third kappa shape index (κ3) is 5.84. The van der Waals surface area contributed by atoms with Gasteiger partial charge in [0.2, 0.25) is 0 Å². The first-order chi connectivity index (χ1) is 14.3. The molecule has 0 saturated heterocycles. The maximum Gasteiger partial charge on any atom is 0.275 e. The number of carbonyl (C=O) groups is 1. The monoisotopic (exact) mass is 390 g/mol.